The monoisotopic (exact) mass is 293 g/mol. The smallest absolute Gasteiger partial charge is 0.310 e. The number of benzene rings is 1. The second-order valence-electron chi connectivity index (χ2n) is 5.73. The zero-order chi connectivity index (χ0) is 15.9. The van der Waals surface area contributed by atoms with Crippen molar-refractivity contribution >= 4 is 11.9 Å². The van der Waals surface area contributed by atoms with E-state index < -0.39 is 11.4 Å². The highest BCUT2D eigenvalue weighted by molar-refractivity contribution is 5.78. The van der Waals surface area contributed by atoms with Gasteiger partial charge in [0.2, 0.25) is 5.91 Å². The molecular weight excluding hydrogens is 270 g/mol. The summed E-state index contributed by atoms with van der Waals surface area (Å²) >= 11 is 0. The van der Waals surface area contributed by atoms with E-state index in [0.29, 0.717) is 19.4 Å². The van der Waals surface area contributed by atoms with Gasteiger partial charge in [0.05, 0.1) is 12.0 Å². The van der Waals surface area contributed by atoms with Gasteiger partial charge in [0.15, 0.2) is 0 Å². The fourth-order valence-electron chi connectivity index (χ4n) is 1.54. The first-order chi connectivity index (χ1) is 9.81. The Labute approximate surface area is 125 Å². The van der Waals surface area contributed by atoms with Crippen molar-refractivity contribution in [1.82, 2.24) is 5.32 Å². The Morgan fingerprint density at radius 2 is 1.86 bits per heavy atom. The number of rotatable bonds is 8. The van der Waals surface area contributed by atoms with E-state index in [4.69, 9.17) is 9.84 Å². The highest BCUT2D eigenvalue weighted by Crippen LogP contribution is 2.13. The summed E-state index contributed by atoms with van der Waals surface area (Å²) in [5, 5.41) is 11.6. The first-order valence-electron chi connectivity index (χ1n) is 7.01. The normalized spacial score (nSPS) is 11.0. The first kappa shape index (κ1) is 17.0. The van der Waals surface area contributed by atoms with Crippen LogP contribution in [0.2, 0.25) is 0 Å². The molecule has 0 aliphatic carbocycles. The Hall–Kier alpha value is -2.04. The SMILES string of the molecule is Cc1ccc(OCCCC(=O)NCC(C)(C)C(=O)O)cc1. The Morgan fingerprint density at radius 3 is 2.43 bits per heavy atom. The number of carboxylic acids is 1. The van der Waals surface area contributed by atoms with Crippen LogP contribution in [-0.4, -0.2) is 30.1 Å². The van der Waals surface area contributed by atoms with Gasteiger partial charge >= 0.3 is 5.97 Å². The molecule has 0 saturated heterocycles. The molecule has 0 aromatic heterocycles. The lowest BCUT2D eigenvalue weighted by molar-refractivity contribution is -0.146. The van der Waals surface area contributed by atoms with E-state index in [-0.39, 0.29) is 12.5 Å². The summed E-state index contributed by atoms with van der Waals surface area (Å²) in [6.07, 6.45) is 0.911. The van der Waals surface area contributed by atoms with Gasteiger partial charge in [-0.05, 0) is 39.3 Å². The number of carbonyl (C=O) groups excluding carboxylic acids is 1. The molecule has 0 saturated carbocycles. The molecule has 1 aromatic rings. The van der Waals surface area contributed by atoms with Gasteiger partial charge in [0, 0.05) is 13.0 Å². The van der Waals surface area contributed by atoms with Gasteiger partial charge in [-0.25, -0.2) is 0 Å². The molecular formula is C16H23NO4. The van der Waals surface area contributed by atoms with Crippen LogP contribution in [0, 0.1) is 12.3 Å². The van der Waals surface area contributed by atoms with Gasteiger partial charge in [0.1, 0.15) is 5.75 Å². The molecule has 0 radical (unpaired) electrons. The maximum absolute atomic E-state index is 11.6. The molecule has 0 bridgehead atoms. The van der Waals surface area contributed by atoms with Crippen LogP contribution in [-0.2, 0) is 9.59 Å². The third kappa shape index (κ3) is 6.29. The van der Waals surface area contributed by atoms with Gasteiger partial charge in [-0.1, -0.05) is 17.7 Å². The quantitative estimate of drug-likeness (QED) is 0.722. The average Bonchev–Trinajstić information content (AvgIpc) is 2.43. The Kier molecular flexibility index (Phi) is 6.21. The van der Waals surface area contributed by atoms with E-state index in [0.717, 1.165) is 5.75 Å². The van der Waals surface area contributed by atoms with Crippen molar-refractivity contribution in [2.75, 3.05) is 13.2 Å². The Balaban J connectivity index is 2.19. The number of hydrogen-bond acceptors (Lipinski definition) is 3. The minimum atomic E-state index is -0.950. The van der Waals surface area contributed by atoms with Gasteiger partial charge < -0.3 is 15.2 Å². The van der Waals surface area contributed by atoms with Crippen LogP contribution in [0.1, 0.15) is 32.3 Å². The largest absolute Gasteiger partial charge is 0.494 e. The third-order valence-corrected chi connectivity index (χ3v) is 3.14. The molecule has 0 aliphatic heterocycles. The number of aliphatic carboxylic acids is 1. The molecule has 0 atom stereocenters. The zero-order valence-electron chi connectivity index (χ0n) is 12.8. The highest BCUT2D eigenvalue weighted by Gasteiger charge is 2.27. The van der Waals surface area contributed by atoms with E-state index in [1.165, 1.54) is 5.56 Å². The highest BCUT2D eigenvalue weighted by atomic mass is 16.5. The molecule has 0 unspecified atom stereocenters. The molecule has 5 nitrogen and oxygen atoms in total. The maximum atomic E-state index is 11.6. The number of ether oxygens (including phenoxy) is 1. The van der Waals surface area contributed by atoms with Gasteiger partial charge in [0.25, 0.3) is 0 Å². The molecule has 1 aromatic carbocycles. The lowest BCUT2D eigenvalue weighted by Gasteiger charge is -2.19. The molecule has 1 amide bonds. The van der Waals surface area contributed by atoms with Crippen LogP contribution in [0.15, 0.2) is 24.3 Å². The summed E-state index contributed by atoms with van der Waals surface area (Å²) < 4.78 is 5.52. The summed E-state index contributed by atoms with van der Waals surface area (Å²) in [5.74, 6) is -0.296. The summed E-state index contributed by atoms with van der Waals surface area (Å²) in [6, 6.07) is 7.72. The molecule has 1 rings (SSSR count). The van der Waals surface area contributed by atoms with Gasteiger partial charge in [-0.2, -0.15) is 0 Å². The average molecular weight is 293 g/mol. The fraction of sp³-hybridized carbons (Fsp3) is 0.500. The van der Waals surface area contributed by atoms with E-state index in [9.17, 15) is 9.59 Å². The lowest BCUT2D eigenvalue weighted by atomic mass is 9.94. The molecule has 21 heavy (non-hydrogen) atoms. The third-order valence-electron chi connectivity index (χ3n) is 3.14. The Morgan fingerprint density at radius 1 is 1.24 bits per heavy atom. The van der Waals surface area contributed by atoms with Crippen molar-refractivity contribution in [2.45, 2.75) is 33.6 Å². The number of carbonyl (C=O) groups is 2. The van der Waals surface area contributed by atoms with Gasteiger partial charge in [-0.3, -0.25) is 9.59 Å². The number of nitrogens with one attached hydrogen (secondary N) is 1. The predicted octanol–water partition coefficient (Wildman–Crippen LogP) is 2.38. The molecule has 0 aliphatic rings. The zero-order valence-corrected chi connectivity index (χ0v) is 12.8. The van der Waals surface area contributed by atoms with E-state index in [2.05, 4.69) is 5.32 Å². The van der Waals surface area contributed by atoms with Crippen LogP contribution in [0.3, 0.4) is 0 Å². The molecule has 5 heteroatoms. The molecule has 0 fully saturated rings. The summed E-state index contributed by atoms with van der Waals surface area (Å²) in [4.78, 5) is 22.5. The van der Waals surface area contributed by atoms with Crippen LogP contribution >= 0.6 is 0 Å². The molecule has 0 spiro atoms. The fourth-order valence-corrected chi connectivity index (χ4v) is 1.54. The number of aryl methyl sites for hydroxylation is 1. The Bertz CT molecular complexity index is 480. The van der Waals surface area contributed by atoms with Crippen molar-refractivity contribution in [1.29, 1.82) is 0 Å². The minimum Gasteiger partial charge on any atom is -0.494 e. The summed E-state index contributed by atoms with van der Waals surface area (Å²) in [5.41, 5.74) is 0.219. The summed E-state index contributed by atoms with van der Waals surface area (Å²) in [7, 11) is 0. The van der Waals surface area contributed by atoms with Crippen LogP contribution in [0.4, 0.5) is 0 Å². The van der Waals surface area contributed by atoms with E-state index in [1.54, 1.807) is 13.8 Å². The van der Waals surface area contributed by atoms with Crippen molar-refractivity contribution in [3.8, 4) is 5.75 Å². The second kappa shape index (κ2) is 7.67. The van der Waals surface area contributed by atoms with Crippen molar-refractivity contribution in [2.24, 2.45) is 5.41 Å². The lowest BCUT2D eigenvalue weighted by Crippen LogP contribution is -2.38. The van der Waals surface area contributed by atoms with Gasteiger partial charge in [-0.15, -0.1) is 0 Å². The second-order valence-corrected chi connectivity index (χ2v) is 5.73. The van der Waals surface area contributed by atoms with Crippen molar-refractivity contribution in [3.63, 3.8) is 0 Å². The predicted molar refractivity (Wildman–Crippen MR) is 80.3 cm³/mol. The molecule has 2 N–H and O–H groups in total. The number of hydrogen-bond donors (Lipinski definition) is 2. The summed E-state index contributed by atoms with van der Waals surface area (Å²) in [6.45, 7) is 5.75. The molecule has 0 heterocycles. The van der Waals surface area contributed by atoms with Crippen LogP contribution in [0.25, 0.3) is 0 Å². The number of amides is 1. The minimum absolute atomic E-state index is 0.125. The topological polar surface area (TPSA) is 75.6 Å². The number of carboxylic acid groups (broad SMARTS) is 1. The standard InChI is InChI=1S/C16H23NO4/c1-12-6-8-13(9-7-12)21-10-4-5-14(18)17-11-16(2,3)15(19)20/h6-9H,4-5,10-11H2,1-3H3,(H,17,18)(H,19,20). The van der Waals surface area contributed by atoms with Crippen molar-refractivity contribution in [3.05, 3.63) is 29.8 Å². The van der Waals surface area contributed by atoms with E-state index >= 15 is 0 Å². The van der Waals surface area contributed by atoms with E-state index in [1.807, 2.05) is 31.2 Å². The van der Waals surface area contributed by atoms with Crippen LogP contribution < -0.4 is 10.1 Å². The van der Waals surface area contributed by atoms with Crippen LogP contribution in [0.5, 0.6) is 5.75 Å². The first-order valence-corrected chi connectivity index (χ1v) is 7.01. The van der Waals surface area contributed by atoms with Crippen molar-refractivity contribution < 1.29 is 19.4 Å². The molecule has 116 valence electrons. The maximum Gasteiger partial charge on any atom is 0.310 e.